The number of benzene rings is 8. The maximum atomic E-state index is 13.8. The number of aryl methyl sites for hydroxylation is 1. The predicted octanol–water partition coefficient (Wildman–Crippen LogP) is 14.5. The third-order valence-electron chi connectivity index (χ3n) is 23.2. The lowest BCUT2D eigenvalue weighted by atomic mass is 10.1. The van der Waals surface area contributed by atoms with Gasteiger partial charge in [0.15, 0.2) is 17.1 Å². The summed E-state index contributed by atoms with van der Waals surface area (Å²) in [7, 11) is -13.6. The summed E-state index contributed by atoms with van der Waals surface area (Å²) in [6.07, 6.45) is 8.23. The number of hydrogen-bond donors (Lipinski definition) is 2. The minimum Gasteiger partial charge on any atom is -0.492 e. The van der Waals surface area contributed by atoms with Crippen LogP contribution in [0.15, 0.2) is 255 Å². The second-order valence-corrected chi connectivity index (χ2v) is 38.8. The summed E-state index contributed by atoms with van der Waals surface area (Å²) in [6.45, 7) is 38.6. The highest BCUT2D eigenvalue weighted by Gasteiger charge is 2.45. The SMILES string of the molecule is [C-]#[N+]/C(C#N)=C1/C(=O)N(Cc2ccc(C)cc2)c2ccc(S(=O)(=O)N3CCC[C@H]3COc3cccnc3)cc21.[C-]#[N+]/C(C)=C1/C(=O)N(C)c2ccc(S(=O)(=O)N3CCC[C@H]3COc3ccccc3)cc21.[C-]#[N+]/C(C)=C1/C(=O)Nc2ccc(S(=O)(=O)N3CCC[C@H]3COc3ccccc3)cc21.[C-]#[N+]/C(C)=C1/C(=O)Nc2ccc(S(=O)(=O)N3CC[C@H]3COc3ccccc3)cc21. The molecule has 0 radical (unpaired) electrons. The average molecular weight is 1810 g/mol. The molecule has 0 saturated carbocycles. The molecule has 0 aliphatic carbocycles. The molecule has 0 unspecified atom stereocenters. The summed E-state index contributed by atoms with van der Waals surface area (Å²) >= 11 is 0. The fourth-order valence-corrected chi connectivity index (χ4v) is 23.1. The van der Waals surface area contributed by atoms with Crippen molar-refractivity contribution in [2.24, 2.45) is 0 Å². The van der Waals surface area contributed by atoms with Crippen LogP contribution < -0.4 is 39.4 Å². The van der Waals surface area contributed by atoms with Crippen molar-refractivity contribution in [3.63, 3.8) is 0 Å². The van der Waals surface area contributed by atoms with Crippen LogP contribution in [0.2, 0.25) is 0 Å². The van der Waals surface area contributed by atoms with Gasteiger partial charge in [-0.3, -0.25) is 24.2 Å². The number of nitrogens with one attached hydrogen (secondary N) is 2. The van der Waals surface area contributed by atoms with Crippen LogP contribution in [0, 0.1) is 44.5 Å². The lowest BCUT2D eigenvalue weighted by Crippen LogP contribution is -2.53. The van der Waals surface area contributed by atoms with Crippen LogP contribution >= 0.6 is 0 Å². The van der Waals surface area contributed by atoms with E-state index in [1.165, 1.54) is 75.6 Å². The topological polar surface area (TPSA) is 339 Å². The maximum absolute atomic E-state index is 13.8. The van der Waals surface area contributed by atoms with Gasteiger partial charge in [-0.2, -0.15) is 17.2 Å². The van der Waals surface area contributed by atoms with Gasteiger partial charge < -0.3 is 39.4 Å². The van der Waals surface area contributed by atoms with E-state index in [2.05, 4.69) is 35.0 Å². The van der Waals surface area contributed by atoms with Crippen LogP contribution in [0.5, 0.6) is 23.0 Å². The Kier molecular flexibility index (Phi) is 27.7. The number of fused-ring (bicyclic) bond motifs is 4. The van der Waals surface area contributed by atoms with Crippen molar-refractivity contribution >= 4 is 109 Å². The number of aromatic nitrogens is 1. The normalized spacial score (nSPS) is 19.8. The number of ether oxygens (including phenoxy) is 4. The molecular formula is C95H88N14O16S4. The van der Waals surface area contributed by atoms with E-state index in [0.29, 0.717) is 101 Å². The zero-order valence-electron chi connectivity index (χ0n) is 70.9. The first-order chi connectivity index (χ1) is 62.0. The number of amides is 4. The first-order valence-electron chi connectivity index (χ1n) is 41.3. The molecule has 2 N–H and O–H groups in total. The third kappa shape index (κ3) is 19.2. The predicted molar refractivity (Wildman–Crippen MR) is 484 cm³/mol. The number of nitriles is 1. The van der Waals surface area contributed by atoms with Crippen molar-refractivity contribution in [2.45, 2.75) is 123 Å². The minimum atomic E-state index is -3.95. The number of nitrogens with zero attached hydrogens (tertiary/aromatic N) is 12. The number of likely N-dealkylation sites (N-methyl/N-ethyl adjacent to an activating group) is 1. The molecule has 1 aromatic heterocycles. The standard InChI is InChI=1S/C29H25N5O4S.C23H23N3O4S.C22H21N3O4S.C21H19N3O4S/c1-20-7-9-21(10-8-20)18-33-27-12-11-24(15-25(27)28(29(33)35)26(16-30)31-2)39(36,37)34-14-4-5-22(34)19-38-23-6-3-13-32-17-23;1-16(24-2)22-20-14-19(11-12-21(20)25(3)23(22)27)31(28,29)26-13-7-8-17(26)15-30-18-9-5-4-6-10-18;1-15(23-2)21-19-13-18(10-11-20(19)24-22(21)26)30(27,28)25-12-6-7-16(25)14-29-17-8-4-3-5-9-17;1-14(22-2)20-18-12-17(8-9-19(18)23-21(20)25)29(26,27)24-11-10-15(24)13-28-16-6-4-3-5-7-16/h3,6-13,15,17,22H,4-5,14,18-19H2,1H3;4-6,9-12,14,17H,7-8,13,15H2,1,3H3;3-5,8-11,13,16H,6-7,12,14H2,1H3,(H,24,26);3-9,12,15H,10-11,13H2,1H3,(H,23,25)/b28-26+;22-16+;21-15+;20-14+/t22-;17-;16-;15-/m0000/s1. The molecule has 0 bridgehead atoms. The quantitative estimate of drug-likeness (QED) is 0.0361. The number of carbonyl (C=O) groups is 4. The number of hydrogen-bond acceptors (Lipinski definition) is 18. The average Bonchev–Trinajstić information content (AvgIpc) is 1.58. The molecule has 9 aromatic rings. The highest BCUT2D eigenvalue weighted by Crippen LogP contribution is 2.45. The van der Waals surface area contributed by atoms with Crippen LogP contribution in [0.1, 0.15) is 99.1 Å². The number of rotatable bonds is 22. The molecular weight excluding hydrogens is 1720 g/mol. The van der Waals surface area contributed by atoms with Crippen molar-refractivity contribution in [1.29, 1.82) is 5.26 Å². The van der Waals surface area contributed by atoms with Gasteiger partial charge in [-0.25, -0.2) is 58.3 Å². The van der Waals surface area contributed by atoms with Gasteiger partial charge in [-0.15, -0.1) is 0 Å². The van der Waals surface area contributed by atoms with Crippen LogP contribution in [0.4, 0.5) is 22.7 Å². The molecule has 8 aliphatic heterocycles. The van der Waals surface area contributed by atoms with Crippen molar-refractivity contribution in [1.82, 2.24) is 22.2 Å². The molecule has 17 rings (SSSR count). The molecule has 4 atom stereocenters. The Balaban J connectivity index is 0.000000140. The molecule has 129 heavy (non-hydrogen) atoms. The Hall–Kier alpha value is -14.0. The van der Waals surface area contributed by atoms with E-state index in [9.17, 15) is 58.1 Å². The summed E-state index contributed by atoms with van der Waals surface area (Å²) in [5.41, 5.74) is 6.66. The first-order valence-corrected chi connectivity index (χ1v) is 47.0. The van der Waals surface area contributed by atoms with E-state index in [1.807, 2.05) is 122 Å². The molecule has 658 valence electrons. The van der Waals surface area contributed by atoms with E-state index in [4.69, 9.17) is 45.2 Å². The molecule has 4 amide bonds. The van der Waals surface area contributed by atoms with Gasteiger partial charge in [0.25, 0.3) is 5.70 Å². The van der Waals surface area contributed by atoms with Gasteiger partial charge in [0.2, 0.25) is 63.7 Å². The molecule has 4 fully saturated rings. The minimum absolute atomic E-state index is 0.000663. The van der Waals surface area contributed by atoms with E-state index in [-0.39, 0.29) is 145 Å². The molecule has 9 heterocycles. The lowest BCUT2D eigenvalue weighted by molar-refractivity contribution is -0.113. The number of para-hydroxylation sites is 3. The number of allylic oxidation sites excluding steroid dienone is 4. The highest BCUT2D eigenvalue weighted by atomic mass is 32.2. The van der Waals surface area contributed by atoms with Crippen LogP contribution in [-0.2, 0) is 65.8 Å². The monoisotopic (exact) mass is 1810 g/mol. The molecule has 0 spiro atoms. The lowest BCUT2D eigenvalue weighted by Gasteiger charge is -2.39. The van der Waals surface area contributed by atoms with Crippen molar-refractivity contribution in [2.75, 3.05) is 80.1 Å². The Labute approximate surface area is 749 Å². The molecule has 30 nitrogen and oxygen atoms in total. The maximum Gasteiger partial charge on any atom is 0.275 e. The summed E-state index contributed by atoms with van der Waals surface area (Å²) in [5, 5.41) is 15.0. The number of carbonyl (C=O) groups excluding carboxylic acids is 4. The van der Waals surface area contributed by atoms with E-state index >= 15 is 0 Å². The Morgan fingerprint density at radius 3 is 1.19 bits per heavy atom. The largest absolute Gasteiger partial charge is 0.492 e. The smallest absolute Gasteiger partial charge is 0.275 e. The second kappa shape index (κ2) is 39.1. The zero-order chi connectivity index (χ0) is 91.6. The number of anilines is 4. The van der Waals surface area contributed by atoms with Crippen LogP contribution in [0.3, 0.4) is 0 Å². The van der Waals surface area contributed by atoms with Gasteiger partial charge in [0, 0.05) is 73.1 Å². The van der Waals surface area contributed by atoms with Gasteiger partial charge >= 0.3 is 0 Å². The fraction of sp³-hybridized carbons (Fsp3) is 0.263. The first kappa shape index (κ1) is 91.3. The zero-order valence-corrected chi connectivity index (χ0v) is 74.1. The third-order valence-corrected chi connectivity index (χ3v) is 31.0. The van der Waals surface area contributed by atoms with Gasteiger partial charge in [0.1, 0.15) is 49.4 Å². The number of pyridine rings is 1. The van der Waals surface area contributed by atoms with Gasteiger partial charge in [-0.1, -0.05) is 84.4 Å². The highest BCUT2D eigenvalue weighted by molar-refractivity contribution is 7.90. The van der Waals surface area contributed by atoms with Gasteiger partial charge in [-0.05, 0) is 200 Å². The Bertz CT molecular complexity index is 6750. The molecule has 34 heteroatoms. The van der Waals surface area contributed by atoms with Crippen molar-refractivity contribution in [3.8, 4) is 29.1 Å². The fourth-order valence-electron chi connectivity index (χ4n) is 16.3. The van der Waals surface area contributed by atoms with Crippen molar-refractivity contribution in [3.05, 3.63) is 314 Å². The Morgan fingerprint density at radius 1 is 0.434 bits per heavy atom. The summed E-state index contributed by atoms with van der Waals surface area (Å²) < 4.78 is 136. The van der Waals surface area contributed by atoms with E-state index < -0.39 is 46.0 Å². The second-order valence-electron chi connectivity index (χ2n) is 31.3. The summed E-state index contributed by atoms with van der Waals surface area (Å²) in [6, 6.07) is 58.0. The van der Waals surface area contributed by atoms with E-state index in [0.717, 1.165) is 43.2 Å². The number of sulfonamides is 4. The summed E-state index contributed by atoms with van der Waals surface area (Å²) in [5.74, 6) is 1.09. The van der Waals surface area contributed by atoms with Crippen molar-refractivity contribution < 1.29 is 71.8 Å². The molecule has 4 saturated heterocycles. The van der Waals surface area contributed by atoms with E-state index in [1.54, 1.807) is 82.7 Å². The van der Waals surface area contributed by atoms with Gasteiger partial charge in [0.05, 0.1) is 123 Å². The molecule has 8 aromatic carbocycles. The summed E-state index contributed by atoms with van der Waals surface area (Å²) in [4.78, 5) is 71.1. The van der Waals surface area contributed by atoms with Crippen LogP contribution in [0.25, 0.3) is 41.7 Å². The Morgan fingerprint density at radius 2 is 0.806 bits per heavy atom. The van der Waals surface area contributed by atoms with Crippen LogP contribution in [-0.4, -0.2) is 163 Å². The molecule has 8 aliphatic rings.